The third-order valence-electron chi connectivity index (χ3n) is 2.49. The molecule has 1 atom stereocenters. The molecule has 1 aliphatic heterocycles. The number of nitro groups is 1. The zero-order valence-corrected chi connectivity index (χ0v) is 9.71. The van der Waals surface area contributed by atoms with E-state index >= 15 is 0 Å². The van der Waals surface area contributed by atoms with E-state index in [1.54, 1.807) is 0 Å². The molecule has 17 heavy (non-hydrogen) atoms. The average Bonchev–Trinajstić information content (AvgIpc) is 2.30. The fourth-order valence-electron chi connectivity index (χ4n) is 1.68. The molecule has 0 amide bonds. The van der Waals surface area contributed by atoms with E-state index in [4.69, 9.17) is 4.74 Å². The summed E-state index contributed by atoms with van der Waals surface area (Å²) in [5.41, 5.74) is 0.178. The van der Waals surface area contributed by atoms with E-state index in [1.807, 2.05) is 0 Å². The molecule has 0 radical (unpaired) electrons. The molecular weight excluding hydrogens is 251 g/mol. The lowest BCUT2D eigenvalue weighted by atomic mass is 10.1. The van der Waals surface area contributed by atoms with Crippen molar-refractivity contribution in [2.75, 3.05) is 19.8 Å². The summed E-state index contributed by atoms with van der Waals surface area (Å²) in [6.45, 7) is 1.53. The quantitative estimate of drug-likeness (QED) is 0.652. The number of non-ortho nitro benzene ring substituents is 1. The maximum Gasteiger partial charge on any atom is 0.269 e. The molecule has 0 aromatic heterocycles. The molecule has 94 valence electrons. The Bertz CT molecular complexity index is 411. The minimum atomic E-state index is -0.535. The van der Waals surface area contributed by atoms with E-state index in [2.05, 4.69) is 5.32 Å². The number of rotatable bonds is 2. The van der Waals surface area contributed by atoms with E-state index in [0.717, 1.165) is 12.1 Å². The first-order chi connectivity index (χ1) is 7.68. The van der Waals surface area contributed by atoms with Crippen molar-refractivity contribution in [3.63, 3.8) is 0 Å². The van der Waals surface area contributed by atoms with Crippen LogP contribution >= 0.6 is 12.4 Å². The number of nitro benzene ring substituents is 1. The van der Waals surface area contributed by atoms with Gasteiger partial charge in [0.2, 0.25) is 0 Å². The van der Waals surface area contributed by atoms with Gasteiger partial charge in [-0.1, -0.05) is 0 Å². The normalized spacial score (nSPS) is 19.5. The monoisotopic (exact) mass is 262 g/mol. The first-order valence-electron chi connectivity index (χ1n) is 4.93. The number of nitrogens with zero attached hydrogens (tertiary/aromatic N) is 1. The SMILES string of the molecule is Cl.O=[N+]([O-])c1ccc(F)c([C@@H]2COCCN2)c1. The van der Waals surface area contributed by atoms with Gasteiger partial charge in [-0.2, -0.15) is 0 Å². The van der Waals surface area contributed by atoms with Crippen LogP contribution in [-0.2, 0) is 4.74 Å². The lowest BCUT2D eigenvalue weighted by Gasteiger charge is -2.24. The maximum atomic E-state index is 13.5. The number of nitrogens with one attached hydrogen (secondary N) is 1. The number of ether oxygens (including phenoxy) is 1. The van der Waals surface area contributed by atoms with Gasteiger partial charge in [0.05, 0.1) is 24.2 Å². The molecule has 0 bridgehead atoms. The van der Waals surface area contributed by atoms with Crippen LogP contribution in [-0.4, -0.2) is 24.7 Å². The summed E-state index contributed by atoms with van der Waals surface area (Å²) < 4.78 is 18.7. The van der Waals surface area contributed by atoms with Gasteiger partial charge in [0.1, 0.15) is 5.82 Å². The Morgan fingerprint density at radius 2 is 2.29 bits per heavy atom. The van der Waals surface area contributed by atoms with Gasteiger partial charge in [-0.25, -0.2) is 4.39 Å². The van der Waals surface area contributed by atoms with E-state index in [-0.39, 0.29) is 29.7 Å². The molecule has 0 aliphatic carbocycles. The summed E-state index contributed by atoms with van der Waals surface area (Å²) in [5.74, 6) is -0.450. The molecule has 1 aliphatic rings. The minimum Gasteiger partial charge on any atom is -0.378 e. The summed E-state index contributed by atoms with van der Waals surface area (Å²) >= 11 is 0. The van der Waals surface area contributed by atoms with Crippen molar-refractivity contribution in [1.29, 1.82) is 0 Å². The predicted molar refractivity (Wildman–Crippen MR) is 61.9 cm³/mol. The molecule has 1 heterocycles. The highest BCUT2D eigenvalue weighted by molar-refractivity contribution is 5.85. The topological polar surface area (TPSA) is 64.4 Å². The highest BCUT2D eigenvalue weighted by Crippen LogP contribution is 2.23. The van der Waals surface area contributed by atoms with Crippen LogP contribution in [0.25, 0.3) is 0 Å². The van der Waals surface area contributed by atoms with Crippen molar-refractivity contribution >= 4 is 18.1 Å². The summed E-state index contributed by atoms with van der Waals surface area (Å²) in [4.78, 5) is 10.0. The minimum absolute atomic E-state index is 0. The second-order valence-electron chi connectivity index (χ2n) is 3.54. The number of morpholine rings is 1. The van der Waals surface area contributed by atoms with Crippen LogP contribution in [0.15, 0.2) is 18.2 Å². The Balaban J connectivity index is 0.00000144. The average molecular weight is 263 g/mol. The molecule has 0 unspecified atom stereocenters. The van der Waals surface area contributed by atoms with Gasteiger partial charge >= 0.3 is 0 Å². The molecule has 0 saturated carbocycles. The number of hydrogen-bond acceptors (Lipinski definition) is 4. The first kappa shape index (κ1) is 13.8. The van der Waals surface area contributed by atoms with Crippen LogP contribution in [0.5, 0.6) is 0 Å². The van der Waals surface area contributed by atoms with Crippen molar-refractivity contribution in [2.24, 2.45) is 0 Å². The molecule has 2 rings (SSSR count). The van der Waals surface area contributed by atoms with Crippen LogP contribution in [0.2, 0.25) is 0 Å². The fraction of sp³-hybridized carbons (Fsp3) is 0.400. The van der Waals surface area contributed by atoms with Crippen LogP contribution < -0.4 is 5.32 Å². The summed E-state index contributed by atoms with van der Waals surface area (Å²) in [6.07, 6.45) is 0. The molecule has 1 fully saturated rings. The molecule has 5 nitrogen and oxygen atoms in total. The predicted octanol–water partition coefficient (Wildman–Crippen LogP) is 1.82. The standard InChI is InChI=1S/C10H11FN2O3.ClH/c11-9-2-1-7(13(14)15)5-8(9)10-6-16-4-3-12-10;/h1-2,5,10,12H,3-4,6H2;1H/t10-;/m0./s1. The van der Waals surface area contributed by atoms with Crippen molar-refractivity contribution in [2.45, 2.75) is 6.04 Å². The van der Waals surface area contributed by atoms with Gasteiger partial charge in [-0.05, 0) is 6.07 Å². The highest BCUT2D eigenvalue weighted by Gasteiger charge is 2.21. The van der Waals surface area contributed by atoms with Gasteiger partial charge < -0.3 is 10.1 Å². The second-order valence-corrected chi connectivity index (χ2v) is 3.54. The first-order valence-corrected chi connectivity index (χ1v) is 4.93. The van der Waals surface area contributed by atoms with Crippen LogP contribution in [0.3, 0.4) is 0 Å². The Morgan fingerprint density at radius 1 is 1.53 bits per heavy atom. The van der Waals surface area contributed by atoms with Gasteiger partial charge in [-0.15, -0.1) is 12.4 Å². The van der Waals surface area contributed by atoms with Gasteiger partial charge in [0.15, 0.2) is 0 Å². The van der Waals surface area contributed by atoms with Gasteiger partial charge in [0.25, 0.3) is 5.69 Å². The Kier molecular flexibility index (Phi) is 4.80. The van der Waals surface area contributed by atoms with Crippen LogP contribution in [0.4, 0.5) is 10.1 Å². The largest absolute Gasteiger partial charge is 0.378 e. The molecule has 1 saturated heterocycles. The fourth-order valence-corrected chi connectivity index (χ4v) is 1.68. The zero-order chi connectivity index (χ0) is 11.5. The molecule has 1 aromatic rings. The number of hydrogen-bond donors (Lipinski definition) is 1. The van der Waals surface area contributed by atoms with Crippen LogP contribution in [0.1, 0.15) is 11.6 Å². The van der Waals surface area contributed by atoms with Gasteiger partial charge in [-0.3, -0.25) is 10.1 Å². The summed E-state index contributed by atoms with van der Waals surface area (Å²) in [7, 11) is 0. The number of benzene rings is 1. The smallest absolute Gasteiger partial charge is 0.269 e. The molecular formula is C10H12ClFN2O3. The van der Waals surface area contributed by atoms with E-state index in [9.17, 15) is 14.5 Å². The van der Waals surface area contributed by atoms with Crippen molar-refractivity contribution in [1.82, 2.24) is 5.32 Å². The molecule has 0 spiro atoms. The van der Waals surface area contributed by atoms with E-state index < -0.39 is 10.7 Å². The lowest BCUT2D eigenvalue weighted by molar-refractivity contribution is -0.385. The van der Waals surface area contributed by atoms with Crippen LogP contribution in [0, 0.1) is 15.9 Å². The van der Waals surface area contributed by atoms with Crippen molar-refractivity contribution in [3.8, 4) is 0 Å². The Morgan fingerprint density at radius 3 is 2.88 bits per heavy atom. The second kappa shape index (κ2) is 5.90. The van der Waals surface area contributed by atoms with Crippen molar-refractivity contribution in [3.05, 3.63) is 39.7 Å². The molecule has 7 heteroatoms. The summed E-state index contributed by atoms with van der Waals surface area (Å²) in [5, 5.41) is 13.6. The number of halogens is 2. The van der Waals surface area contributed by atoms with Crippen molar-refractivity contribution < 1.29 is 14.1 Å². The third kappa shape index (κ3) is 3.12. The third-order valence-corrected chi connectivity index (χ3v) is 2.49. The molecule has 1 aromatic carbocycles. The zero-order valence-electron chi connectivity index (χ0n) is 8.89. The Labute approximate surface area is 104 Å². The molecule has 1 N–H and O–H groups in total. The van der Waals surface area contributed by atoms with E-state index in [1.165, 1.54) is 6.07 Å². The lowest BCUT2D eigenvalue weighted by Crippen LogP contribution is -2.35. The summed E-state index contributed by atoms with van der Waals surface area (Å²) in [6, 6.07) is 3.21. The Hall–Kier alpha value is -1.24. The van der Waals surface area contributed by atoms with Gasteiger partial charge in [0, 0.05) is 24.2 Å². The highest BCUT2D eigenvalue weighted by atomic mass is 35.5. The van der Waals surface area contributed by atoms with E-state index in [0.29, 0.717) is 19.8 Å². The maximum absolute atomic E-state index is 13.5.